The molecule has 2 aromatic carbocycles. The van der Waals surface area contributed by atoms with Gasteiger partial charge in [0, 0.05) is 38.0 Å². The highest BCUT2D eigenvalue weighted by atomic mass is 32.2. The van der Waals surface area contributed by atoms with E-state index in [9.17, 15) is 18.0 Å². The predicted molar refractivity (Wildman–Crippen MR) is 115 cm³/mol. The number of esters is 1. The number of ether oxygens (including phenoxy) is 1. The van der Waals surface area contributed by atoms with Crippen molar-refractivity contribution in [3.8, 4) is 0 Å². The zero-order valence-electron chi connectivity index (χ0n) is 16.9. The normalized spacial score (nSPS) is 15.1. The van der Waals surface area contributed by atoms with Crippen molar-refractivity contribution in [3.05, 3.63) is 59.7 Å². The van der Waals surface area contributed by atoms with Crippen LogP contribution in [0.25, 0.3) is 0 Å². The molecule has 3 rings (SSSR count). The van der Waals surface area contributed by atoms with E-state index >= 15 is 0 Å². The smallest absolute Gasteiger partial charge is 0.338 e. The predicted octanol–water partition coefficient (Wildman–Crippen LogP) is 2.62. The molecule has 1 aliphatic heterocycles. The Kier molecular flexibility index (Phi) is 7.17. The molecule has 160 valence electrons. The lowest BCUT2D eigenvalue weighted by Gasteiger charge is -2.33. The fraction of sp³-hybridized carbons (Fsp3) is 0.333. The summed E-state index contributed by atoms with van der Waals surface area (Å²) in [5, 5.41) is 0. The number of hydrogen-bond donors (Lipinski definition) is 0. The minimum atomic E-state index is -3.67. The van der Waals surface area contributed by atoms with Gasteiger partial charge in [-0.05, 0) is 48.2 Å². The van der Waals surface area contributed by atoms with Crippen molar-refractivity contribution in [3.63, 3.8) is 0 Å². The quantitative estimate of drug-likeness (QED) is 0.499. The van der Waals surface area contributed by atoms with Crippen molar-refractivity contribution in [2.75, 3.05) is 32.4 Å². The third kappa shape index (κ3) is 5.21. The molecule has 30 heavy (non-hydrogen) atoms. The van der Waals surface area contributed by atoms with Gasteiger partial charge in [0.05, 0.1) is 10.5 Å². The van der Waals surface area contributed by atoms with Crippen LogP contribution in [0.5, 0.6) is 0 Å². The molecule has 1 amide bonds. The molecule has 0 N–H and O–H groups in total. The van der Waals surface area contributed by atoms with Gasteiger partial charge in [-0.3, -0.25) is 4.79 Å². The molecule has 0 unspecified atom stereocenters. The molecule has 2 aromatic rings. The summed E-state index contributed by atoms with van der Waals surface area (Å²) >= 11 is 1.64. The molecule has 0 aliphatic carbocycles. The maximum Gasteiger partial charge on any atom is 0.338 e. The standard InChI is InChI=1S/C21H24N2O5S2/c1-16(24)22-11-13-23(14-12-22)30(26,27)20-9-5-18(6-10-20)21(25)28-15-17-3-7-19(29-2)8-4-17/h3-10H,11-15H2,1-2H3. The van der Waals surface area contributed by atoms with Gasteiger partial charge in [-0.1, -0.05) is 12.1 Å². The summed E-state index contributed by atoms with van der Waals surface area (Å²) in [4.78, 5) is 26.6. The summed E-state index contributed by atoms with van der Waals surface area (Å²) in [5.74, 6) is -0.571. The van der Waals surface area contributed by atoms with Crippen molar-refractivity contribution in [1.29, 1.82) is 0 Å². The Bertz CT molecular complexity index is 997. The van der Waals surface area contributed by atoms with Crippen LogP contribution >= 0.6 is 11.8 Å². The highest BCUT2D eigenvalue weighted by Crippen LogP contribution is 2.19. The Morgan fingerprint density at radius 1 is 0.967 bits per heavy atom. The second-order valence-corrected chi connectivity index (χ2v) is 9.68. The van der Waals surface area contributed by atoms with E-state index in [1.807, 2.05) is 30.5 Å². The van der Waals surface area contributed by atoms with Gasteiger partial charge in [0.1, 0.15) is 6.61 Å². The fourth-order valence-electron chi connectivity index (χ4n) is 3.11. The van der Waals surface area contributed by atoms with Gasteiger partial charge >= 0.3 is 5.97 Å². The number of carbonyl (C=O) groups is 2. The second-order valence-electron chi connectivity index (χ2n) is 6.86. The lowest BCUT2D eigenvalue weighted by Crippen LogP contribution is -2.49. The number of benzene rings is 2. The van der Waals surface area contributed by atoms with E-state index in [1.54, 1.807) is 16.7 Å². The van der Waals surface area contributed by atoms with Gasteiger partial charge in [-0.15, -0.1) is 11.8 Å². The molecule has 1 saturated heterocycles. The van der Waals surface area contributed by atoms with Gasteiger partial charge in [-0.2, -0.15) is 4.31 Å². The molecule has 1 aliphatic rings. The Hall–Kier alpha value is -2.36. The average molecular weight is 449 g/mol. The van der Waals surface area contributed by atoms with Gasteiger partial charge in [-0.25, -0.2) is 13.2 Å². The van der Waals surface area contributed by atoms with E-state index in [0.717, 1.165) is 10.5 Å². The molecule has 0 radical (unpaired) electrons. The molecular weight excluding hydrogens is 424 g/mol. The Balaban J connectivity index is 1.60. The lowest BCUT2D eigenvalue weighted by atomic mass is 10.2. The number of carbonyl (C=O) groups excluding carboxylic acids is 2. The van der Waals surface area contributed by atoms with Gasteiger partial charge in [0.15, 0.2) is 0 Å². The summed E-state index contributed by atoms with van der Waals surface area (Å²) in [6.07, 6.45) is 1.99. The van der Waals surface area contributed by atoms with Crippen LogP contribution in [0.3, 0.4) is 0 Å². The SMILES string of the molecule is CSc1ccc(COC(=O)c2ccc(S(=O)(=O)N3CCN(C(C)=O)CC3)cc2)cc1. The molecule has 1 heterocycles. The molecule has 0 bridgehead atoms. The van der Waals surface area contributed by atoms with Crippen molar-refractivity contribution < 1.29 is 22.7 Å². The minimum absolute atomic E-state index is 0.0601. The topological polar surface area (TPSA) is 84.0 Å². The average Bonchev–Trinajstić information content (AvgIpc) is 2.78. The van der Waals surface area contributed by atoms with Crippen LogP contribution in [0.1, 0.15) is 22.8 Å². The van der Waals surface area contributed by atoms with Crippen LogP contribution in [0.4, 0.5) is 0 Å². The van der Waals surface area contributed by atoms with E-state index in [4.69, 9.17) is 4.74 Å². The minimum Gasteiger partial charge on any atom is -0.457 e. The largest absolute Gasteiger partial charge is 0.457 e. The molecular formula is C21H24N2O5S2. The first kappa shape index (κ1) is 22.3. The van der Waals surface area contributed by atoms with Crippen LogP contribution in [-0.4, -0.2) is 61.9 Å². The van der Waals surface area contributed by atoms with Crippen LogP contribution in [0.15, 0.2) is 58.3 Å². The maximum atomic E-state index is 12.8. The zero-order chi connectivity index (χ0) is 21.7. The molecule has 0 saturated carbocycles. The number of nitrogens with zero attached hydrogens (tertiary/aromatic N) is 2. The molecule has 0 aromatic heterocycles. The first-order valence-electron chi connectivity index (χ1n) is 9.47. The zero-order valence-corrected chi connectivity index (χ0v) is 18.5. The Morgan fingerprint density at radius 2 is 1.57 bits per heavy atom. The van der Waals surface area contributed by atoms with Crippen molar-refractivity contribution in [2.24, 2.45) is 0 Å². The van der Waals surface area contributed by atoms with Crippen LogP contribution in [-0.2, 0) is 26.2 Å². The summed E-state index contributed by atoms with van der Waals surface area (Å²) in [7, 11) is -3.67. The first-order chi connectivity index (χ1) is 14.3. The number of amides is 1. The highest BCUT2D eigenvalue weighted by Gasteiger charge is 2.29. The Labute approximate surface area is 181 Å². The van der Waals surface area contributed by atoms with E-state index in [0.29, 0.717) is 13.1 Å². The van der Waals surface area contributed by atoms with Gasteiger partial charge in [0.2, 0.25) is 15.9 Å². The monoisotopic (exact) mass is 448 g/mol. The fourth-order valence-corrected chi connectivity index (χ4v) is 4.94. The molecule has 7 nitrogen and oxygen atoms in total. The summed E-state index contributed by atoms with van der Waals surface area (Å²) in [6.45, 7) is 2.87. The molecule has 9 heteroatoms. The summed E-state index contributed by atoms with van der Waals surface area (Å²) < 4.78 is 32.3. The Morgan fingerprint density at radius 3 is 2.10 bits per heavy atom. The van der Waals surface area contributed by atoms with Gasteiger partial charge < -0.3 is 9.64 Å². The molecule has 0 spiro atoms. The third-order valence-electron chi connectivity index (χ3n) is 4.94. The van der Waals surface area contributed by atoms with E-state index < -0.39 is 16.0 Å². The number of hydrogen-bond acceptors (Lipinski definition) is 6. The summed E-state index contributed by atoms with van der Waals surface area (Å²) in [6, 6.07) is 13.5. The van der Waals surface area contributed by atoms with E-state index in [1.165, 1.54) is 35.5 Å². The lowest BCUT2D eigenvalue weighted by molar-refractivity contribution is -0.129. The number of sulfonamides is 1. The molecule has 1 fully saturated rings. The van der Waals surface area contributed by atoms with Crippen molar-refractivity contribution in [1.82, 2.24) is 9.21 Å². The first-order valence-corrected chi connectivity index (χ1v) is 12.1. The maximum absolute atomic E-state index is 12.8. The number of rotatable bonds is 6. The van der Waals surface area contributed by atoms with Crippen molar-refractivity contribution in [2.45, 2.75) is 23.3 Å². The summed E-state index contributed by atoms with van der Waals surface area (Å²) in [5.41, 5.74) is 1.17. The van der Waals surface area contributed by atoms with Crippen molar-refractivity contribution >= 4 is 33.7 Å². The van der Waals surface area contributed by atoms with Crippen LogP contribution in [0, 0.1) is 0 Å². The van der Waals surface area contributed by atoms with Crippen LogP contribution < -0.4 is 0 Å². The third-order valence-corrected chi connectivity index (χ3v) is 7.60. The number of piperazine rings is 1. The molecule has 0 atom stereocenters. The second kappa shape index (κ2) is 9.63. The van der Waals surface area contributed by atoms with E-state index in [2.05, 4.69) is 0 Å². The number of thioether (sulfide) groups is 1. The highest BCUT2D eigenvalue weighted by molar-refractivity contribution is 7.98. The van der Waals surface area contributed by atoms with E-state index in [-0.39, 0.29) is 36.1 Å². The van der Waals surface area contributed by atoms with Gasteiger partial charge in [0.25, 0.3) is 0 Å². The van der Waals surface area contributed by atoms with Crippen LogP contribution in [0.2, 0.25) is 0 Å².